The molecule has 3 aromatic carbocycles. The van der Waals surface area contributed by atoms with E-state index in [2.05, 4.69) is 77.7 Å². The maximum atomic E-state index is 13.0. The van der Waals surface area contributed by atoms with Crippen molar-refractivity contribution in [2.45, 2.75) is 31.2 Å². The van der Waals surface area contributed by atoms with Gasteiger partial charge in [-0.05, 0) is 32.9 Å². The van der Waals surface area contributed by atoms with E-state index in [-0.39, 0.29) is 11.2 Å². The minimum absolute atomic E-state index is 0.132. The highest BCUT2D eigenvalue weighted by Crippen LogP contribution is 2.34. The fourth-order valence-electron chi connectivity index (χ4n) is 3.77. The Labute approximate surface area is 229 Å². The lowest BCUT2D eigenvalue weighted by Crippen LogP contribution is -2.22. The average Bonchev–Trinajstić information content (AvgIpc) is 3.53. The summed E-state index contributed by atoms with van der Waals surface area (Å²) >= 11 is 8.77. The number of carbonyl (C=O) groups is 1. The van der Waals surface area contributed by atoms with Crippen LogP contribution < -0.4 is 5.32 Å². The van der Waals surface area contributed by atoms with Crippen LogP contribution in [-0.2, 0) is 4.79 Å². The zero-order valence-corrected chi connectivity index (χ0v) is 23.0. The molecular formula is C29H25ClN4OS2. The lowest BCUT2D eigenvalue weighted by atomic mass is 10.0. The number of anilines is 1. The summed E-state index contributed by atoms with van der Waals surface area (Å²) in [6.07, 6.45) is 0. The first-order valence-corrected chi connectivity index (χ1v) is 13.9. The first kappa shape index (κ1) is 25.3. The van der Waals surface area contributed by atoms with E-state index in [1.807, 2.05) is 36.6 Å². The Bertz CT molecular complexity index is 1460. The number of hydrogen-bond acceptors (Lipinski definition) is 5. The Kier molecular flexibility index (Phi) is 7.46. The topological polar surface area (TPSA) is 70.7 Å². The van der Waals surface area contributed by atoms with Gasteiger partial charge in [0.15, 0.2) is 10.3 Å². The zero-order valence-electron chi connectivity index (χ0n) is 20.6. The molecule has 1 atom stereocenters. The van der Waals surface area contributed by atoms with Gasteiger partial charge in [0.05, 0.1) is 22.3 Å². The molecule has 0 aliphatic rings. The van der Waals surface area contributed by atoms with E-state index in [0.717, 1.165) is 33.8 Å². The molecule has 37 heavy (non-hydrogen) atoms. The van der Waals surface area contributed by atoms with Crippen LogP contribution in [0.4, 0.5) is 5.13 Å². The number of nitrogens with one attached hydrogen (secondary N) is 2. The maximum absolute atomic E-state index is 13.0. The number of H-pyrrole nitrogens is 1. The molecule has 0 aliphatic heterocycles. The SMILES string of the molecule is Cc1ccc(-c2nc(SC(C)C(=O)Nc3nc(-c4ccc(Cl)cc4)cs3)[nH]c2-c2ccc(C)cc2)cc1. The molecule has 0 bridgehead atoms. The molecule has 2 aromatic heterocycles. The number of benzene rings is 3. The van der Waals surface area contributed by atoms with Crippen molar-refractivity contribution in [1.82, 2.24) is 15.0 Å². The van der Waals surface area contributed by atoms with Crippen LogP contribution in [0.2, 0.25) is 5.02 Å². The van der Waals surface area contributed by atoms with Gasteiger partial charge in [-0.2, -0.15) is 0 Å². The van der Waals surface area contributed by atoms with Crippen LogP contribution >= 0.6 is 34.7 Å². The molecule has 0 fully saturated rings. The van der Waals surface area contributed by atoms with Crippen molar-refractivity contribution in [1.29, 1.82) is 0 Å². The molecule has 5 rings (SSSR count). The van der Waals surface area contributed by atoms with Gasteiger partial charge in [0.25, 0.3) is 0 Å². The third-order valence-corrected chi connectivity index (χ3v) is 7.87. The normalized spacial score (nSPS) is 11.9. The maximum Gasteiger partial charge on any atom is 0.239 e. The lowest BCUT2D eigenvalue weighted by Gasteiger charge is -2.08. The molecule has 0 spiro atoms. The number of halogens is 1. The van der Waals surface area contributed by atoms with E-state index in [0.29, 0.717) is 15.3 Å². The highest BCUT2D eigenvalue weighted by atomic mass is 35.5. The van der Waals surface area contributed by atoms with Crippen molar-refractivity contribution >= 4 is 45.7 Å². The van der Waals surface area contributed by atoms with E-state index < -0.39 is 0 Å². The molecule has 2 heterocycles. The predicted octanol–water partition coefficient (Wildman–Crippen LogP) is 8.26. The number of aryl methyl sites for hydroxylation is 2. The molecule has 5 aromatic rings. The third-order valence-electron chi connectivity index (χ3n) is 5.88. The zero-order chi connectivity index (χ0) is 25.9. The molecular weight excluding hydrogens is 520 g/mol. The van der Waals surface area contributed by atoms with Gasteiger partial charge in [0.1, 0.15) is 0 Å². The molecule has 1 amide bonds. The fourth-order valence-corrected chi connectivity index (χ4v) is 5.42. The summed E-state index contributed by atoms with van der Waals surface area (Å²) in [5.74, 6) is -0.132. The van der Waals surface area contributed by atoms with Crippen LogP contribution in [0.3, 0.4) is 0 Å². The summed E-state index contributed by atoms with van der Waals surface area (Å²) in [5, 5.41) is 6.40. The minimum Gasteiger partial charge on any atom is -0.332 e. The van der Waals surface area contributed by atoms with Gasteiger partial charge < -0.3 is 10.3 Å². The third kappa shape index (κ3) is 5.96. The molecule has 8 heteroatoms. The van der Waals surface area contributed by atoms with Gasteiger partial charge in [-0.1, -0.05) is 95.2 Å². The van der Waals surface area contributed by atoms with Gasteiger partial charge >= 0.3 is 0 Å². The average molecular weight is 545 g/mol. The van der Waals surface area contributed by atoms with Crippen molar-refractivity contribution < 1.29 is 4.79 Å². The van der Waals surface area contributed by atoms with Gasteiger partial charge in [0, 0.05) is 27.1 Å². The van der Waals surface area contributed by atoms with Crippen molar-refractivity contribution in [2.24, 2.45) is 0 Å². The number of aromatic nitrogens is 3. The molecule has 2 N–H and O–H groups in total. The first-order valence-electron chi connectivity index (χ1n) is 11.8. The summed E-state index contributed by atoms with van der Waals surface area (Å²) in [6, 6.07) is 24.1. The first-order chi connectivity index (χ1) is 17.9. The summed E-state index contributed by atoms with van der Waals surface area (Å²) in [4.78, 5) is 25.9. The van der Waals surface area contributed by atoms with Crippen LogP contribution in [0.25, 0.3) is 33.8 Å². The number of thiazole rings is 1. The van der Waals surface area contributed by atoms with Crippen LogP contribution in [-0.4, -0.2) is 26.1 Å². The number of nitrogens with zero attached hydrogens (tertiary/aromatic N) is 2. The Morgan fingerprint density at radius 3 is 2.14 bits per heavy atom. The summed E-state index contributed by atoms with van der Waals surface area (Å²) < 4.78 is 0. The van der Waals surface area contributed by atoms with E-state index in [1.54, 1.807) is 0 Å². The Morgan fingerprint density at radius 1 is 0.892 bits per heavy atom. The number of rotatable bonds is 7. The Morgan fingerprint density at radius 2 is 1.49 bits per heavy atom. The standard InChI is InChI=1S/C29H25ClN4OS2/c1-17-4-8-21(9-5-17)25-26(22-10-6-18(2)7-11-22)33-29(32-25)37-19(3)27(35)34-28-31-24(16-36-28)20-12-14-23(30)15-13-20/h4-16,19H,1-3H3,(H,32,33)(H,31,34,35). The predicted molar refractivity (Wildman–Crippen MR) is 155 cm³/mol. The Hall–Kier alpha value is -3.39. The van der Waals surface area contributed by atoms with Crippen molar-refractivity contribution in [3.8, 4) is 33.8 Å². The van der Waals surface area contributed by atoms with Gasteiger partial charge in [0.2, 0.25) is 5.91 Å². The van der Waals surface area contributed by atoms with Gasteiger partial charge in [-0.25, -0.2) is 9.97 Å². The van der Waals surface area contributed by atoms with Crippen molar-refractivity contribution in [3.63, 3.8) is 0 Å². The molecule has 0 radical (unpaired) electrons. The second-order valence-electron chi connectivity index (χ2n) is 8.79. The molecule has 186 valence electrons. The highest BCUT2D eigenvalue weighted by molar-refractivity contribution is 8.00. The number of thioether (sulfide) groups is 1. The monoisotopic (exact) mass is 544 g/mol. The van der Waals surface area contributed by atoms with Gasteiger partial charge in [-0.15, -0.1) is 11.3 Å². The summed E-state index contributed by atoms with van der Waals surface area (Å²) in [6.45, 7) is 6.01. The highest BCUT2D eigenvalue weighted by Gasteiger charge is 2.21. The van der Waals surface area contributed by atoms with Crippen LogP contribution in [0.15, 0.2) is 83.3 Å². The number of aromatic amines is 1. The van der Waals surface area contributed by atoms with E-state index >= 15 is 0 Å². The number of carbonyl (C=O) groups excluding carboxylic acids is 1. The van der Waals surface area contributed by atoms with E-state index in [9.17, 15) is 4.79 Å². The molecule has 1 unspecified atom stereocenters. The Balaban J connectivity index is 1.34. The second-order valence-corrected chi connectivity index (χ2v) is 11.4. The number of amides is 1. The minimum atomic E-state index is -0.384. The molecule has 0 saturated heterocycles. The van der Waals surface area contributed by atoms with E-state index in [1.165, 1.54) is 34.2 Å². The number of imidazole rings is 1. The summed E-state index contributed by atoms with van der Waals surface area (Å²) in [5.41, 5.74) is 8.02. The largest absolute Gasteiger partial charge is 0.332 e. The van der Waals surface area contributed by atoms with Crippen LogP contribution in [0.1, 0.15) is 18.1 Å². The second kappa shape index (κ2) is 10.9. The van der Waals surface area contributed by atoms with E-state index in [4.69, 9.17) is 16.6 Å². The summed E-state index contributed by atoms with van der Waals surface area (Å²) in [7, 11) is 0. The molecule has 5 nitrogen and oxygen atoms in total. The molecule has 0 saturated carbocycles. The fraction of sp³-hybridized carbons (Fsp3) is 0.138. The number of hydrogen-bond donors (Lipinski definition) is 2. The molecule has 0 aliphatic carbocycles. The van der Waals surface area contributed by atoms with Crippen molar-refractivity contribution in [2.75, 3.05) is 5.32 Å². The van der Waals surface area contributed by atoms with Crippen molar-refractivity contribution in [3.05, 3.63) is 94.3 Å². The van der Waals surface area contributed by atoms with Crippen LogP contribution in [0, 0.1) is 13.8 Å². The lowest BCUT2D eigenvalue weighted by molar-refractivity contribution is -0.115. The quantitative estimate of drug-likeness (QED) is 0.202. The van der Waals surface area contributed by atoms with Crippen LogP contribution in [0.5, 0.6) is 0 Å². The van der Waals surface area contributed by atoms with Gasteiger partial charge in [-0.3, -0.25) is 4.79 Å². The smallest absolute Gasteiger partial charge is 0.239 e.